The lowest BCUT2D eigenvalue weighted by Gasteiger charge is -2.20. The summed E-state index contributed by atoms with van der Waals surface area (Å²) in [5, 5.41) is 28.4. The normalized spacial score (nSPS) is 11.7. The topological polar surface area (TPSA) is 118 Å². The third kappa shape index (κ3) is 3.74. The van der Waals surface area contributed by atoms with Crippen LogP contribution in [0.4, 0.5) is 0 Å². The predicted molar refractivity (Wildman–Crippen MR) is 63.7 cm³/mol. The van der Waals surface area contributed by atoms with Crippen LogP contribution < -0.4 is 5.11 Å². The van der Waals surface area contributed by atoms with Crippen molar-refractivity contribution in [2.75, 3.05) is 26.3 Å². The maximum atomic E-state index is 12.2. The molecule has 2 N–H and O–H groups in total. The monoisotopic (exact) mass is 288 g/mol. The number of carboxylic acids is 1. The van der Waals surface area contributed by atoms with Gasteiger partial charge in [-0.05, 0) is 17.7 Å². The third-order valence-corrected chi connectivity index (χ3v) is 4.30. The highest BCUT2D eigenvalue weighted by Gasteiger charge is 2.23. The van der Waals surface area contributed by atoms with Gasteiger partial charge in [0.1, 0.15) is 0 Å². The number of hydrogen-bond donors (Lipinski definition) is 2. The Morgan fingerprint density at radius 3 is 2.26 bits per heavy atom. The van der Waals surface area contributed by atoms with E-state index in [1.807, 2.05) is 0 Å². The van der Waals surface area contributed by atoms with Gasteiger partial charge in [0.15, 0.2) is 0 Å². The van der Waals surface area contributed by atoms with Crippen molar-refractivity contribution in [3.8, 4) is 0 Å². The van der Waals surface area contributed by atoms with Gasteiger partial charge in [-0.1, -0.05) is 12.1 Å². The van der Waals surface area contributed by atoms with Crippen molar-refractivity contribution in [2.24, 2.45) is 0 Å². The van der Waals surface area contributed by atoms with Gasteiger partial charge in [0.2, 0.25) is 10.0 Å². The fourth-order valence-electron chi connectivity index (χ4n) is 1.51. The molecule has 1 aromatic rings. The number of nitrogens with zero attached hydrogens (tertiary/aromatic N) is 1. The van der Waals surface area contributed by atoms with Crippen LogP contribution in [0.3, 0.4) is 0 Å². The zero-order valence-corrected chi connectivity index (χ0v) is 10.8. The van der Waals surface area contributed by atoms with E-state index in [1.54, 1.807) is 0 Å². The number of aliphatic hydroxyl groups is 2. The number of rotatable bonds is 7. The number of carbonyl (C=O) groups excluding carboxylic acids is 1. The van der Waals surface area contributed by atoms with E-state index >= 15 is 0 Å². The van der Waals surface area contributed by atoms with Crippen LogP contribution in [0, 0.1) is 0 Å². The Hall–Kier alpha value is -1.48. The van der Waals surface area contributed by atoms with Gasteiger partial charge < -0.3 is 20.1 Å². The summed E-state index contributed by atoms with van der Waals surface area (Å²) in [5.74, 6) is -1.48. The molecule has 0 heterocycles. The summed E-state index contributed by atoms with van der Waals surface area (Å²) in [6.45, 7) is -1.17. The second-order valence-electron chi connectivity index (χ2n) is 3.67. The Kier molecular flexibility index (Phi) is 5.43. The van der Waals surface area contributed by atoms with Gasteiger partial charge in [0, 0.05) is 13.1 Å². The molecule has 0 bridgehead atoms. The van der Waals surface area contributed by atoms with Gasteiger partial charge in [-0.15, -0.1) is 0 Å². The first kappa shape index (κ1) is 15.6. The van der Waals surface area contributed by atoms with Crippen LogP contribution in [0.5, 0.6) is 0 Å². The van der Waals surface area contributed by atoms with E-state index in [0.717, 1.165) is 10.4 Å². The van der Waals surface area contributed by atoms with Crippen LogP contribution in [0.2, 0.25) is 0 Å². The molecule has 0 radical (unpaired) electrons. The van der Waals surface area contributed by atoms with Gasteiger partial charge in [-0.3, -0.25) is 0 Å². The number of carbonyl (C=O) groups is 1. The number of aliphatic hydroxyl groups excluding tert-OH is 2. The predicted octanol–water partition coefficient (Wildman–Crippen LogP) is -1.97. The van der Waals surface area contributed by atoms with Gasteiger partial charge >= 0.3 is 0 Å². The van der Waals surface area contributed by atoms with Crippen molar-refractivity contribution >= 4 is 16.0 Å². The van der Waals surface area contributed by atoms with Crippen molar-refractivity contribution in [1.82, 2.24) is 4.31 Å². The highest BCUT2D eigenvalue weighted by molar-refractivity contribution is 7.89. The molecule has 7 nitrogen and oxygen atoms in total. The summed E-state index contributed by atoms with van der Waals surface area (Å²) in [7, 11) is -3.96. The third-order valence-electron chi connectivity index (χ3n) is 2.41. The molecule has 0 amide bonds. The molecule has 1 rings (SSSR count). The molecule has 106 valence electrons. The van der Waals surface area contributed by atoms with Crippen LogP contribution >= 0.6 is 0 Å². The van der Waals surface area contributed by atoms with E-state index in [-0.39, 0.29) is 23.5 Å². The number of aromatic carboxylic acids is 1. The maximum Gasteiger partial charge on any atom is 0.243 e. The van der Waals surface area contributed by atoms with Crippen molar-refractivity contribution in [3.05, 3.63) is 29.8 Å². The standard InChI is InChI=1S/C11H15NO6S/c13-6-4-12(5-7-14)19(17,18)10-3-1-2-9(8-10)11(15)16/h1-3,8,13-14H,4-7H2,(H,15,16)/p-1. The second-order valence-corrected chi connectivity index (χ2v) is 5.60. The molecule has 0 aromatic heterocycles. The lowest BCUT2D eigenvalue weighted by molar-refractivity contribution is -0.255. The van der Waals surface area contributed by atoms with Crippen molar-refractivity contribution in [2.45, 2.75) is 4.90 Å². The summed E-state index contributed by atoms with van der Waals surface area (Å²) >= 11 is 0. The van der Waals surface area contributed by atoms with Crippen molar-refractivity contribution in [1.29, 1.82) is 0 Å². The molecule has 0 atom stereocenters. The Balaban J connectivity index is 3.17. The SMILES string of the molecule is O=C([O-])c1cccc(S(=O)(=O)N(CCO)CCO)c1. The molecule has 0 aliphatic heterocycles. The first-order chi connectivity index (χ1) is 8.93. The zero-order chi connectivity index (χ0) is 14.5. The summed E-state index contributed by atoms with van der Waals surface area (Å²) in [6.07, 6.45) is 0. The minimum absolute atomic E-state index is 0.182. The van der Waals surface area contributed by atoms with Crippen molar-refractivity contribution < 1.29 is 28.5 Å². The molecular formula is C11H14NO6S-. The van der Waals surface area contributed by atoms with Crippen LogP contribution in [0.25, 0.3) is 0 Å². The molecule has 0 spiro atoms. The van der Waals surface area contributed by atoms with Crippen LogP contribution in [-0.4, -0.2) is 55.2 Å². The molecule has 1 aromatic carbocycles. The maximum absolute atomic E-state index is 12.2. The molecule has 0 unspecified atom stereocenters. The Labute approximate surface area is 110 Å². The molecular weight excluding hydrogens is 274 g/mol. The van der Waals surface area contributed by atoms with E-state index in [2.05, 4.69) is 0 Å². The molecule has 0 aliphatic rings. The quantitative estimate of drug-likeness (QED) is 0.600. The number of sulfonamides is 1. The number of hydrogen-bond acceptors (Lipinski definition) is 6. The first-order valence-corrected chi connectivity index (χ1v) is 6.90. The Morgan fingerprint density at radius 2 is 1.79 bits per heavy atom. The van der Waals surface area contributed by atoms with Gasteiger partial charge in [0.05, 0.1) is 24.1 Å². The molecule has 0 fully saturated rings. The highest BCUT2D eigenvalue weighted by atomic mass is 32.2. The fraction of sp³-hybridized carbons (Fsp3) is 0.364. The lowest BCUT2D eigenvalue weighted by atomic mass is 10.2. The van der Waals surface area contributed by atoms with E-state index < -0.39 is 29.2 Å². The Bertz CT molecular complexity index is 536. The summed E-state index contributed by atoms with van der Waals surface area (Å²) in [6, 6.07) is 4.72. The minimum Gasteiger partial charge on any atom is -0.545 e. The van der Waals surface area contributed by atoms with Gasteiger partial charge in [-0.2, -0.15) is 4.31 Å². The molecule has 19 heavy (non-hydrogen) atoms. The fourth-order valence-corrected chi connectivity index (χ4v) is 2.98. The van der Waals surface area contributed by atoms with Crippen molar-refractivity contribution in [3.63, 3.8) is 0 Å². The molecule has 0 saturated carbocycles. The largest absolute Gasteiger partial charge is 0.545 e. The highest BCUT2D eigenvalue weighted by Crippen LogP contribution is 2.16. The van der Waals surface area contributed by atoms with Gasteiger partial charge in [-0.25, -0.2) is 8.42 Å². The Morgan fingerprint density at radius 1 is 1.21 bits per heavy atom. The summed E-state index contributed by atoms with van der Waals surface area (Å²) in [5.41, 5.74) is -0.256. The lowest BCUT2D eigenvalue weighted by Crippen LogP contribution is -2.36. The van der Waals surface area contributed by atoms with Crippen LogP contribution in [-0.2, 0) is 10.0 Å². The first-order valence-electron chi connectivity index (χ1n) is 5.46. The average molecular weight is 288 g/mol. The molecule has 0 saturated heterocycles. The van der Waals surface area contributed by atoms with E-state index in [4.69, 9.17) is 10.2 Å². The van der Waals surface area contributed by atoms with Crippen LogP contribution in [0.1, 0.15) is 10.4 Å². The number of carboxylic acid groups (broad SMARTS) is 1. The average Bonchev–Trinajstić information content (AvgIpc) is 2.38. The summed E-state index contributed by atoms with van der Waals surface area (Å²) < 4.78 is 25.2. The summed E-state index contributed by atoms with van der Waals surface area (Å²) in [4.78, 5) is 10.5. The van der Waals surface area contributed by atoms with Crippen LogP contribution in [0.15, 0.2) is 29.2 Å². The van der Waals surface area contributed by atoms with E-state index in [9.17, 15) is 18.3 Å². The second kappa shape index (κ2) is 6.62. The number of benzene rings is 1. The molecule has 0 aliphatic carbocycles. The van der Waals surface area contributed by atoms with E-state index in [0.29, 0.717) is 0 Å². The zero-order valence-electron chi connectivity index (χ0n) is 10.0. The molecule has 8 heteroatoms. The minimum atomic E-state index is -3.96. The smallest absolute Gasteiger partial charge is 0.243 e. The van der Waals surface area contributed by atoms with Gasteiger partial charge in [0.25, 0.3) is 0 Å². The van der Waals surface area contributed by atoms with E-state index in [1.165, 1.54) is 18.2 Å².